The SMILES string of the molecule is COC(=O)CCOc1ccc(NC(=O)c2csc(CCN)n2)cc1.Cl. The average molecular weight is 386 g/mol. The Kier molecular flexibility index (Phi) is 8.90. The Morgan fingerprint density at radius 3 is 2.64 bits per heavy atom. The highest BCUT2D eigenvalue weighted by Gasteiger charge is 2.11. The van der Waals surface area contributed by atoms with E-state index in [0.29, 0.717) is 30.1 Å². The molecule has 2 aromatic rings. The predicted molar refractivity (Wildman–Crippen MR) is 98.6 cm³/mol. The van der Waals surface area contributed by atoms with E-state index in [1.54, 1.807) is 29.6 Å². The lowest BCUT2D eigenvalue weighted by Gasteiger charge is -2.07. The number of ether oxygens (including phenoxy) is 2. The van der Waals surface area contributed by atoms with Crippen molar-refractivity contribution in [2.75, 3.05) is 25.6 Å². The average Bonchev–Trinajstić information content (AvgIpc) is 3.05. The lowest BCUT2D eigenvalue weighted by molar-refractivity contribution is -0.141. The summed E-state index contributed by atoms with van der Waals surface area (Å²) in [6, 6.07) is 6.87. The van der Waals surface area contributed by atoms with Gasteiger partial charge in [-0.15, -0.1) is 23.7 Å². The standard InChI is InChI=1S/C16H19N3O4S.ClH/c1-22-15(20)7-9-23-12-4-2-11(3-5-12)18-16(21)13-10-24-14(19-13)6-8-17;/h2-5,10H,6-9,17H2,1H3,(H,18,21);1H. The van der Waals surface area contributed by atoms with Gasteiger partial charge in [-0.05, 0) is 30.8 Å². The largest absolute Gasteiger partial charge is 0.493 e. The number of carbonyl (C=O) groups is 2. The number of rotatable bonds is 8. The third-order valence-corrected chi connectivity index (χ3v) is 3.97. The van der Waals surface area contributed by atoms with Crippen molar-refractivity contribution < 1.29 is 19.1 Å². The van der Waals surface area contributed by atoms with Gasteiger partial charge in [-0.2, -0.15) is 0 Å². The smallest absolute Gasteiger partial charge is 0.308 e. The molecule has 25 heavy (non-hydrogen) atoms. The highest BCUT2D eigenvalue weighted by atomic mass is 35.5. The molecule has 0 aliphatic heterocycles. The summed E-state index contributed by atoms with van der Waals surface area (Å²) in [6.45, 7) is 0.743. The van der Waals surface area contributed by atoms with Gasteiger partial charge in [0.05, 0.1) is 25.1 Å². The molecule has 1 aromatic carbocycles. The van der Waals surface area contributed by atoms with Crippen LogP contribution in [0.4, 0.5) is 5.69 Å². The van der Waals surface area contributed by atoms with Crippen molar-refractivity contribution in [1.82, 2.24) is 4.98 Å². The van der Waals surface area contributed by atoms with Gasteiger partial charge >= 0.3 is 5.97 Å². The fourth-order valence-corrected chi connectivity index (χ4v) is 2.63. The quantitative estimate of drug-likeness (QED) is 0.675. The fourth-order valence-electron chi connectivity index (χ4n) is 1.84. The molecule has 0 aliphatic rings. The molecule has 1 heterocycles. The maximum absolute atomic E-state index is 12.1. The lowest BCUT2D eigenvalue weighted by atomic mass is 10.3. The van der Waals surface area contributed by atoms with Gasteiger partial charge in [-0.25, -0.2) is 4.98 Å². The summed E-state index contributed by atoms with van der Waals surface area (Å²) in [4.78, 5) is 27.3. The maximum Gasteiger partial charge on any atom is 0.308 e. The number of aromatic nitrogens is 1. The second-order valence-corrected chi connectivity index (χ2v) is 5.76. The summed E-state index contributed by atoms with van der Waals surface area (Å²) < 4.78 is 9.95. The van der Waals surface area contributed by atoms with Crippen LogP contribution in [0.5, 0.6) is 5.75 Å². The number of hydrogen-bond acceptors (Lipinski definition) is 7. The molecule has 0 radical (unpaired) electrons. The first-order chi connectivity index (χ1) is 11.6. The van der Waals surface area contributed by atoms with Crippen molar-refractivity contribution in [3.05, 3.63) is 40.3 Å². The second kappa shape index (κ2) is 10.7. The third kappa shape index (κ3) is 6.69. The molecule has 9 heteroatoms. The van der Waals surface area contributed by atoms with Crippen LogP contribution >= 0.6 is 23.7 Å². The predicted octanol–water partition coefficient (Wildman–Crippen LogP) is 2.26. The molecule has 136 valence electrons. The van der Waals surface area contributed by atoms with Gasteiger partial charge in [-0.3, -0.25) is 9.59 Å². The normalized spacial score (nSPS) is 9.84. The van der Waals surface area contributed by atoms with Gasteiger partial charge in [-0.1, -0.05) is 0 Å². The molecular formula is C16H20ClN3O4S. The van der Waals surface area contributed by atoms with Crippen LogP contribution in [-0.4, -0.2) is 37.1 Å². The molecule has 1 aromatic heterocycles. The molecule has 0 saturated carbocycles. The highest BCUT2D eigenvalue weighted by Crippen LogP contribution is 2.17. The molecule has 1 amide bonds. The van der Waals surface area contributed by atoms with E-state index < -0.39 is 0 Å². The first-order valence-electron chi connectivity index (χ1n) is 7.38. The van der Waals surface area contributed by atoms with Crippen LogP contribution in [0.2, 0.25) is 0 Å². The minimum atomic E-state index is -0.323. The Bertz CT molecular complexity index is 691. The number of benzene rings is 1. The van der Waals surface area contributed by atoms with Crippen molar-refractivity contribution in [3.8, 4) is 5.75 Å². The van der Waals surface area contributed by atoms with Crippen molar-refractivity contribution >= 4 is 41.3 Å². The molecule has 2 rings (SSSR count). The van der Waals surface area contributed by atoms with E-state index in [-0.39, 0.29) is 37.3 Å². The fraction of sp³-hybridized carbons (Fsp3) is 0.312. The van der Waals surface area contributed by atoms with Crippen molar-refractivity contribution in [2.24, 2.45) is 5.73 Å². The Hall–Kier alpha value is -2.16. The zero-order chi connectivity index (χ0) is 17.4. The Morgan fingerprint density at radius 1 is 1.28 bits per heavy atom. The van der Waals surface area contributed by atoms with E-state index in [2.05, 4.69) is 15.0 Å². The number of thiazole rings is 1. The topological polar surface area (TPSA) is 104 Å². The first-order valence-corrected chi connectivity index (χ1v) is 8.26. The zero-order valence-electron chi connectivity index (χ0n) is 13.7. The monoisotopic (exact) mass is 385 g/mol. The summed E-state index contributed by atoms with van der Waals surface area (Å²) in [5.41, 5.74) is 6.48. The molecule has 0 unspecified atom stereocenters. The number of nitrogens with zero attached hydrogens (tertiary/aromatic N) is 1. The zero-order valence-corrected chi connectivity index (χ0v) is 15.3. The van der Waals surface area contributed by atoms with Crippen LogP contribution < -0.4 is 15.8 Å². The summed E-state index contributed by atoms with van der Waals surface area (Å²) in [5.74, 6) is 0.0147. The summed E-state index contributed by atoms with van der Waals surface area (Å²) in [6.07, 6.45) is 0.847. The van der Waals surface area contributed by atoms with Crippen molar-refractivity contribution in [2.45, 2.75) is 12.8 Å². The third-order valence-electron chi connectivity index (χ3n) is 3.06. The number of nitrogens with two attached hydrogens (primary N) is 1. The first kappa shape index (κ1) is 20.9. The number of halogens is 1. The van der Waals surface area contributed by atoms with E-state index >= 15 is 0 Å². The number of methoxy groups -OCH3 is 1. The van der Waals surface area contributed by atoms with Gasteiger partial charge in [0, 0.05) is 17.5 Å². The minimum Gasteiger partial charge on any atom is -0.493 e. The van der Waals surface area contributed by atoms with Crippen LogP contribution in [0.3, 0.4) is 0 Å². The van der Waals surface area contributed by atoms with Crippen LogP contribution in [0.15, 0.2) is 29.6 Å². The number of anilines is 1. The van der Waals surface area contributed by atoms with Gasteiger partial charge in [0.1, 0.15) is 11.4 Å². The van der Waals surface area contributed by atoms with E-state index in [4.69, 9.17) is 10.5 Å². The number of nitrogens with one attached hydrogen (secondary N) is 1. The number of esters is 1. The number of carbonyl (C=O) groups excluding carboxylic acids is 2. The molecule has 3 N–H and O–H groups in total. The van der Waals surface area contributed by atoms with E-state index in [9.17, 15) is 9.59 Å². The molecule has 0 aliphatic carbocycles. The Balaban J connectivity index is 0.00000312. The summed E-state index contributed by atoms with van der Waals surface area (Å²) in [7, 11) is 1.33. The second-order valence-electron chi connectivity index (χ2n) is 4.82. The highest BCUT2D eigenvalue weighted by molar-refractivity contribution is 7.09. The van der Waals surface area contributed by atoms with Crippen LogP contribution in [0.1, 0.15) is 21.9 Å². The van der Waals surface area contributed by atoms with Gasteiger partial charge in [0.25, 0.3) is 5.91 Å². The number of hydrogen-bond donors (Lipinski definition) is 2. The van der Waals surface area contributed by atoms with Gasteiger partial charge in [0.15, 0.2) is 0 Å². The van der Waals surface area contributed by atoms with E-state index in [1.165, 1.54) is 18.4 Å². The molecule has 0 spiro atoms. The van der Waals surface area contributed by atoms with Crippen LogP contribution in [0, 0.1) is 0 Å². The maximum atomic E-state index is 12.1. The van der Waals surface area contributed by atoms with Crippen LogP contribution in [-0.2, 0) is 16.0 Å². The molecule has 0 atom stereocenters. The van der Waals surface area contributed by atoms with E-state index in [0.717, 1.165) is 5.01 Å². The number of amides is 1. The van der Waals surface area contributed by atoms with Gasteiger partial charge in [0.2, 0.25) is 0 Å². The molecule has 7 nitrogen and oxygen atoms in total. The van der Waals surface area contributed by atoms with E-state index in [1.807, 2.05) is 0 Å². The van der Waals surface area contributed by atoms with Crippen molar-refractivity contribution in [3.63, 3.8) is 0 Å². The minimum absolute atomic E-state index is 0. The lowest BCUT2D eigenvalue weighted by Crippen LogP contribution is -2.12. The molecule has 0 saturated heterocycles. The summed E-state index contributed by atoms with van der Waals surface area (Å²) in [5, 5.41) is 5.33. The molecule has 0 bridgehead atoms. The van der Waals surface area contributed by atoms with Crippen LogP contribution in [0.25, 0.3) is 0 Å². The Morgan fingerprint density at radius 2 is 2.00 bits per heavy atom. The summed E-state index contributed by atoms with van der Waals surface area (Å²) >= 11 is 1.42. The Labute approximate surface area is 155 Å². The molecule has 0 fully saturated rings. The van der Waals surface area contributed by atoms with Gasteiger partial charge < -0.3 is 20.5 Å². The molecular weight excluding hydrogens is 366 g/mol. The van der Waals surface area contributed by atoms with Crippen molar-refractivity contribution in [1.29, 1.82) is 0 Å².